The van der Waals surface area contributed by atoms with Crippen molar-refractivity contribution in [2.45, 2.75) is 46.7 Å². The fourth-order valence-electron chi connectivity index (χ4n) is 1.85. The van der Waals surface area contributed by atoms with Gasteiger partial charge in [-0.2, -0.15) is 0 Å². The first-order valence-electron chi connectivity index (χ1n) is 6.73. The molecule has 0 aromatic heterocycles. The van der Waals surface area contributed by atoms with Crippen molar-refractivity contribution < 1.29 is 4.79 Å². The van der Waals surface area contributed by atoms with Gasteiger partial charge in [0.2, 0.25) is 5.91 Å². The normalized spacial score (nSPS) is 14.9. The van der Waals surface area contributed by atoms with Gasteiger partial charge in [0, 0.05) is 7.05 Å². The highest BCUT2D eigenvalue weighted by molar-refractivity contribution is 5.82. The SMILES string of the molecule is Cc1ccc(C(C)N(C)C(=O)[C@H](N)C(C)(C)C)cc1. The van der Waals surface area contributed by atoms with Crippen LogP contribution in [-0.4, -0.2) is 23.9 Å². The summed E-state index contributed by atoms with van der Waals surface area (Å²) in [5.41, 5.74) is 8.17. The molecule has 0 aliphatic heterocycles. The minimum absolute atomic E-state index is 0.0134. The van der Waals surface area contributed by atoms with Crippen molar-refractivity contribution in [3.05, 3.63) is 35.4 Å². The summed E-state index contributed by atoms with van der Waals surface area (Å²) >= 11 is 0. The molecule has 0 aliphatic rings. The third kappa shape index (κ3) is 3.80. The summed E-state index contributed by atoms with van der Waals surface area (Å²) in [4.78, 5) is 14.1. The predicted octanol–water partition coefficient (Wildman–Crippen LogP) is 2.89. The maximum Gasteiger partial charge on any atom is 0.240 e. The number of carbonyl (C=O) groups is 1. The highest BCUT2D eigenvalue weighted by Gasteiger charge is 2.31. The molecule has 1 amide bonds. The molecule has 0 saturated carbocycles. The molecule has 1 aromatic carbocycles. The molecule has 3 nitrogen and oxygen atoms in total. The van der Waals surface area contributed by atoms with Gasteiger partial charge in [-0.1, -0.05) is 50.6 Å². The van der Waals surface area contributed by atoms with Crippen LogP contribution >= 0.6 is 0 Å². The number of rotatable bonds is 3. The van der Waals surface area contributed by atoms with Crippen LogP contribution in [0.2, 0.25) is 0 Å². The minimum atomic E-state index is -0.481. The molecule has 0 saturated heterocycles. The smallest absolute Gasteiger partial charge is 0.240 e. The van der Waals surface area contributed by atoms with Crippen LogP contribution in [0.1, 0.15) is 44.9 Å². The Morgan fingerprint density at radius 1 is 1.21 bits per heavy atom. The third-order valence-corrected chi connectivity index (χ3v) is 3.69. The average molecular weight is 262 g/mol. The second-order valence-corrected chi connectivity index (χ2v) is 6.38. The van der Waals surface area contributed by atoms with E-state index in [1.165, 1.54) is 5.56 Å². The van der Waals surface area contributed by atoms with Crippen molar-refractivity contribution in [2.24, 2.45) is 11.1 Å². The first kappa shape index (κ1) is 15.7. The van der Waals surface area contributed by atoms with Gasteiger partial charge in [-0.05, 0) is 24.8 Å². The van der Waals surface area contributed by atoms with Crippen LogP contribution in [0.15, 0.2) is 24.3 Å². The highest BCUT2D eigenvalue weighted by Crippen LogP contribution is 2.24. The topological polar surface area (TPSA) is 46.3 Å². The van der Waals surface area contributed by atoms with Crippen molar-refractivity contribution in [1.82, 2.24) is 4.90 Å². The van der Waals surface area contributed by atoms with E-state index in [4.69, 9.17) is 5.73 Å². The van der Waals surface area contributed by atoms with Gasteiger partial charge in [-0.15, -0.1) is 0 Å². The van der Waals surface area contributed by atoms with E-state index >= 15 is 0 Å². The molecule has 2 N–H and O–H groups in total. The molecular formula is C16H26N2O. The lowest BCUT2D eigenvalue weighted by atomic mass is 9.86. The summed E-state index contributed by atoms with van der Waals surface area (Å²) in [5.74, 6) is -0.0134. The monoisotopic (exact) mass is 262 g/mol. The lowest BCUT2D eigenvalue weighted by Crippen LogP contribution is -2.49. The maximum absolute atomic E-state index is 12.4. The van der Waals surface area contributed by atoms with E-state index in [0.29, 0.717) is 0 Å². The van der Waals surface area contributed by atoms with Crippen molar-refractivity contribution in [3.8, 4) is 0 Å². The number of hydrogen-bond acceptors (Lipinski definition) is 2. The summed E-state index contributed by atoms with van der Waals surface area (Å²) in [6, 6.07) is 7.80. The van der Waals surface area contributed by atoms with Gasteiger partial charge in [0.25, 0.3) is 0 Å². The number of nitrogens with zero attached hydrogens (tertiary/aromatic N) is 1. The molecule has 2 atom stereocenters. The van der Waals surface area contributed by atoms with E-state index in [1.54, 1.807) is 4.90 Å². The molecule has 1 rings (SSSR count). The van der Waals surface area contributed by atoms with Crippen LogP contribution in [0.3, 0.4) is 0 Å². The van der Waals surface area contributed by atoms with Crippen LogP contribution in [-0.2, 0) is 4.79 Å². The summed E-state index contributed by atoms with van der Waals surface area (Å²) in [6.07, 6.45) is 0. The maximum atomic E-state index is 12.4. The van der Waals surface area contributed by atoms with Crippen molar-refractivity contribution >= 4 is 5.91 Å². The molecular weight excluding hydrogens is 236 g/mol. The fourth-order valence-corrected chi connectivity index (χ4v) is 1.85. The molecule has 1 aromatic rings. The number of amides is 1. The highest BCUT2D eigenvalue weighted by atomic mass is 16.2. The average Bonchev–Trinajstić information content (AvgIpc) is 2.35. The van der Waals surface area contributed by atoms with E-state index in [0.717, 1.165) is 5.56 Å². The number of benzene rings is 1. The largest absolute Gasteiger partial charge is 0.338 e. The molecule has 0 spiro atoms. The second-order valence-electron chi connectivity index (χ2n) is 6.38. The van der Waals surface area contributed by atoms with Crippen molar-refractivity contribution in [3.63, 3.8) is 0 Å². The molecule has 0 fully saturated rings. The second kappa shape index (κ2) is 5.74. The zero-order valence-corrected chi connectivity index (χ0v) is 12.9. The number of carbonyl (C=O) groups excluding carboxylic acids is 1. The Labute approximate surface area is 116 Å². The molecule has 3 heteroatoms. The Morgan fingerprint density at radius 2 is 1.68 bits per heavy atom. The molecule has 106 valence electrons. The minimum Gasteiger partial charge on any atom is -0.338 e. The Kier molecular flexibility index (Phi) is 4.75. The van der Waals surface area contributed by atoms with Gasteiger partial charge < -0.3 is 10.6 Å². The number of hydrogen-bond donors (Lipinski definition) is 1. The van der Waals surface area contributed by atoms with Gasteiger partial charge in [0.1, 0.15) is 0 Å². The van der Waals surface area contributed by atoms with E-state index in [1.807, 2.05) is 34.7 Å². The summed E-state index contributed by atoms with van der Waals surface area (Å²) in [6.45, 7) is 10.0. The number of likely N-dealkylation sites (N-methyl/N-ethyl adjacent to an activating group) is 1. The summed E-state index contributed by atoms with van der Waals surface area (Å²) in [7, 11) is 1.82. The van der Waals surface area contributed by atoms with E-state index in [2.05, 4.69) is 31.2 Å². The van der Waals surface area contributed by atoms with E-state index < -0.39 is 6.04 Å². The zero-order valence-electron chi connectivity index (χ0n) is 12.9. The first-order chi connectivity index (χ1) is 8.64. The van der Waals surface area contributed by atoms with Gasteiger partial charge in [-0.25, -0.2) is 0 Å². The van der Waals surface area contributed by atoms with Gasteiger partial charge in [0.05, 0.1) is 12.1 Å². The van der Waals surface area contributed by atoms with Crippen LogP contribution in [0.25, 0.3) is 0 Å². The molecule has 0 heterocycles. The Hall–Kier alpha value is -1.35. The van der Waals surface area contributed by atoms with Gasteiger partial charge >= 0.3 is 0 Å². The van der Waals surface area contributed by atoms with E-state index in [9.17, 15) is 4.79 Å². The lowest BCUT2D eigenvalue weighted by Gasteiger charge is -2.33. The Morgan fingerprint density at radius 3 is 2.11 bits per heavy atom. The van der Waals surface area contributed by atoms with Gasteiger partial charge in [0.15, 0.2) is 0 Å². The van der Waals surface area contributed by atoms with Crippen molar-refractivity contribution in [1.29, 1.82) is 0 Å². The van der Waals surface area contributed by atoms with Gasteiger partial charge in [-0.3, -0.25) is 4.79 Å². The Balaban J connectivity index is 2.85. The Bertz CT molecular complexity index is 431. The lowest BCUT2D eigenvalue weighted by molar-refractivity contribution is -0.135. The molecule has 0 aliphatic carbocycles. The molecule has 0 radical (unpaired) electrons. The van der Waals surface area contributed by atoms with Crippen LogP contribution in [0.5, 0.6) is 0 Å². The third-order valence-electron chi connectivity index (χ3n) is 3.69. The molecule has 1 unspecified atom stereocenters. The zero-order chi connectivity index (χ0) is 14.8. The first-order valence-corrected chi connectivity index (χ1v) is 6.73. The predicted molar refractivity (Wildman–Crippen MR) is 79.8 cm³/mol. The standard InChI is InChI=1S/C16H26N2O/c1-11-7-9-13(10-8-11)12(2)18(6)15(19)14(17)16(3,4)5/h7-10,12,14H,17H2,1-6H3/t12?,14-/m0/s1. The van der Waals surface area contributed by atoms with Crippen LogP contribution < -0.4 is 5.73 Å². The molecule has 0 bridgehead atoms. The number of nitrogens with two attached hydrogens (primary N) is 1. The quantitative estimate of drug-likeness (QED) is 0.910. The van der Waals surface area contributed by atoms with Crippen LogP contribution in [0, 0.1) is 12.3 Å². The summed E-state index contributed by atoms with van der Waals surface area (Å²) in [5, 5.41) is 0. The van der Waals surface area contributed by atoms with Crippen LogP contribution in [0.4, 0.5) is 0 Å². The molecule has 19 heavy (non-hydrogen) atoms. The number of aryl methyl sites for hydroxylation is 1. The van der Waals surface area contributed by atoms with Crippen molar-refractivity contribution in [2.75, 3.05) is 7.05 Å². The summed E-state index contributed by atoms with van der Waals surface area (Å²) < 4.78 is 0. The van der Waals surface area contributed by atoms with E-state index in [-0.39, 0.29) is 17.4 Å². The fraction of sp³-hybridized carbons (Fsp3) is 0.562.